The first-order chi connectivity index (χ1) is 12.6. The van der Waals surface area contributed by atoms with Gasteiger partial charge in [-0.15, -0.1) is 0 Å². The van der Waals surface area contributed by atoms with Gasteiger partial charge in [-0.05, 0) is 43.7 Å². The summed E-state index contributed by atoms with van der Waals surface area (Å²) < 4.78 is 1.68. The standard InChI is InChI=1S/C19H26N6O/c1-23(2)19-20-10-7-17(21-19)24-11-8-14(9-12-24)13-25-18(26)6-5-16(22-25)15-3-4-15/h5-7,10,14-15H,3-4,8-9,11-13H2,1-2H3. The van der Waals surface area contributed by atoms with Crippen molar-refractivity contribution < 1.29 is 0 Å². The summed E-state index contributed by atoms with van der Waals surface area (Å²) in [6.45, 7) is 2.62. The fraction of sp³-hybridized carbons (Fsp3) is 0.579. The molecule has 0 atom stereocenters. The molecule has 0 bridgehead atoms. The molecule has 0 amide bonds. The highest BCUT2D eigenvalue weighted by Gasteiger charge is 2.26. The number of piperidine rings is 1. The Kier molecular flexibility index (Phi) is 4.61. The first kappa shape index (κ1) is 17.0. The monoisotopic (exact) mass is 354 g/mol. The molecule has 2 aromatic rings. The average molecular weight is 354 g/mol. The Morgan fingerprint density at radius 2 is 1.88 bits per heavy atom. The van der Waals surface area contributed by atoms with Gasteiger partial charge in [0.2, 0.25) is 5.95 Å². The van der Waals surface area contributed by atoms with Gasteiger partial charge in [-0.1, -0.05) is 0 Å². The van der Waals surface area contributed by atoms with E-state index in [1.807, 2.05) is 37.3 Å². The molecule has 26 heavy (non-hydrogen) atoms. The topological polar surface area (TPSA) is 67.2 Å². The number of anilines is 2. The van der Waals surface area contributed by atoms with E-state index < -0.39 is 0 Å². The van der Waals surface area contributed by atoms with Gasteiger partial charge in [0, 0.05) is 51.9 Å². The highest BCUT2D eigenvalue weighted by Crippen LogP contribution is 2.38. The van der Waals surface area contributed by atoms with E-state index in [1.165, 1.54) is 12.8 Å². The third kappa shape index (κ3) is 3.71. The molecule has 1 aliphatic carbocycles. The molecular weight excluding hydrogens is 328 g/mol. The van der Waals surface area contributed by atoms with Crippen LogP contribution in [0, 0.1) is 5.92 Å². The molecular formula is C19H26N6O. The molecule has 138 valence electrons. The van der Waals surface area contributed by atoms with Crippen LogP contribution in [0.5, 0.6) is 0 Å². The van der Waals surface area contributed by atoms with E-state index in [1.54, 1.807) is 10.7 Å². The summed E-state index contributed by atoms with van der Waals surface area (Å²) >= 11 is 0. The molecule has 7 nitrogen and oxygen atoms in total. The fourth-order valence-corrected chi connectivity index (χ4v) is 3.51. The van der Waals surface area contributed by atoms with Gasteiger partial charge in [0.15, 0.2) is 0 Å². The highest BCUT2D eigenvalue weighted by molar-refractivity contribution is 5.43. The second-order valence-corrected chi connectivity index (χ2v) is 7.59. The second-order valence-electron chi connectivity index (χ2n) is 7.59. The molecule has 2 fully saturated rings. The van der Waals surface area contributed by atoms with Gasteiger partial charge in [-0.3, -0.25) is 4.79 Å². The summed E-state index contributed by atoms with van der Waals surface area (Å²) in [5.41, 5.74) is 1.10. The van der Waals surface area contributed by atoms with Crippen molar-refractivity contribution in [3.63, 3.8) is 0 Å². The van der Waals surface area contributed by atoms with Crippen LogP contribution in [0.25, 0.3) is 0 Å². The van der Waals surface area contributed by atoms with Gasteiger partial charge in [0.05, 0.1) is 5.69 Å². The lowest BCUT2D eigenvalue weighted by Gasteiger charge is -2.33. The molecule has 0 spiro atoms. The Balaban J connectivity index is 1.39. The van der Waals surface area contributed by atoms with Gasteiger partial charge in [0.1, 0.15) is 5.82 Å². The molecule has 3 heterocycles. The minimum absolute atomic E-state index is 0.0169. The predicted molar refractivity (Wildman–Crippen MR) is 102 cm³/mol. The first-order valence-electron chi connectivity index (χ1n) is 9.43. The Morgan fingerprint density at radius 1 is 1.12 bits per heavy atom. The zero-order valence-electron chi connectivity index (χ0n) is 15.5. The van der Waals surface area contributed by atoms with E-state index in [0.29, 0.717) is 11.8 Å². The number of nitrogens with zero attached hydrogens (tertiary/aromatic N) is 6. The van der Waals surface area contributed by atoms with Crippen LogP contribution in [0.1, 0.15) is 37.3 Å². The van der Waals surface area contributed by atoms with Crippen molar-refractivity contribution in [2.75, 3.05) is 37.0 Å². The van der Waals surface area contributed by atoms with Gasteiger partial charge in [-0.25, -0.2) is 9.67 Å². The maximum atomic E-state index is 12.1. The molecule has 0 radical (unpaired) electrons. The van der Waals surface area contributed by atoms with Gasteiger partial charge in [-0.2, -0.15) is 10.1 Å². The van der Waals surface area contributed by atoms with Gasteiger partial charge >= 0.3 is 0 Å². The number of hydrogen-bond acceptors (Lipinski definition) is 6. The molecule has 0 aromatic carbocycles. The van der Waals surface area contributed by atoms with E-state index in [0.717, 1.165) is 49.9 Å². The summed E-state index contributed by atoms with van der Waals surface area (Å²) in [6.07, 6.45) is 6.32. The van der Waals surface area contributed by atoms with Crippen molar-refractivity contribution >= 4 is 11.8 Å². The van der Waals surface area contributed by atoms with E-state index in [9.17, 15) is 4.79 Å². The number of aromatic nitrogens is 4. The minimum atomic E-state index is 0.0169. The smallest absolute Gasteiger partial charge is 0.266 e. The summed E-state index contributed by atoms with van der Waals surface area (Å²) in [4.78, 5) is 25.3. The largest absolute Gasteiger partial charge is 0.356 e. The maximum absolute atomic E-state index is 12.1. The summed E-state index contributed by atoms with van der Waals surface area (Å²) in [5.74, 6) is 2.78. The van der Waals surface area contributed by atoms with Crippen molar-refractivity contribution in [2.45, 2.75) is 38.1 Å². The van der Waals surface area contributed by atoms with Crippen molar-refractivity contribution in [1.29, 1.82) is 0 Å². The van der Waals surface area contributed by atoms with Gasteiger partial charge in [0.25, 0.3) is 5.56 Å². The van der Waals surface area contributed by atoms with Crippen LogP contribution in [-0.2, 0) is 6.54 Å². The molecule has 4 rings (SSSR count). The Labute approximate surface area is 153 Å². The van der Waals surface area contributed by atoms with Crippen LogP contribution in [0.15, 0.2) is 29.2 Å². The van der Waals surface area contributed by atoms with E-state index in [-0.39, 0.29) is 5.56 Å². The average Bonchev–Trinajstić information content (AvgIpc) is 3.49. The molecule has 7 heteroatoms. The first-order valence-corrected chi connectivity index (χ1v) is 9.43. The molecule has 0 N–H and O–H groups in total. The Bertz CT molecular complexity index is 821. The second kappa shape index (κ2) is 7.05. The molecule has 0 unspecified atom stereocenters. The molecule has 1 aliphatic heterocycles. The Hall–Kier alpha value is -2.44. The van der Waals surface area contributed by atoms with Crippen molar-refractivity contribution in [3.05, 3.63) is 40.4 Å². The van der Waals surface area contributed by atoms with E-state index >= 15 is 0 Å². The summed E-state index contributed by atoms with van der Waals surface area (Å²) in [7, 11) is 3.90. The highest BCUT2D eigenvalue weighted by atomic mass is 16.1. The van der Waals surface area contributed by atoms with Gasteiger partial charge < -0.3 is 9.80 Å². The molecule has 1 saturated carbocycles. The van der Waals surface area contributed by atoms with Crippen LogP contribution < -0.4 is 15.4 Å². The van der Waals surface area contributed by atoms with Crippen LogP contribution in [0.4, 0.5) is 11.8 Å². The van der Waals surface area contributed by atoms with Crippen LogP contribution in [0.3, 0.4) is 0 Å². The summed E-state index contributed by atoms with van der Waals surface area (Å²) in [5, 5.41) is 4.60. The fourth-order valence-electron chi connectivity index (χ4n) is 3.51. The van der Waals surface area contributed by atoms with E-state index in [4.69, 9.17) is 0 Å². The van der Waals surface area contributed by atoms with Crippen LogP contribution >= 0.6 is 0 Å². The third-order valence-corrected chi connectivity index (χ3v) is 5.28. The number of rotatable bonds is 5. The van der Waals surface area contributed by atoms with Crippen LogP contribution in [0.2, 0.25) is 0 Å². The predicted octanol–water partition coefficient (Wildman–Crippen LogP) is 1.89. The SMILES string of the molecule is CN(C)c1nccc(N2CCC(Cn3nc(C4CC4)ccc3=O)CC2)n1. The third-order valence-electron chi connectivity index (χ3n) is 5.28. The lowest BCUT2D eigenvalue weighted by molar-refractivity contribution is 0.333. The molecule has 2 aliphatic rings. The summed E-state index contributed by atoms with van der Waals surface area (Å²) in [6, 6.07) is 5.55. The zero-order valence-corrected chi connectivity index (χ0v) is 15.5. The van der Waals surface area contributed by atoms with Crippen LogP contribution in [-0.4, -0.2) is 46.9 Å². The quantitative estimate of drug-likeness (QED) is 0.817. The van der Waals surface area contributed by atoms with E-state index in [2.05, 4.69) is 20.0 Å². The Morgan fingerprint density at radius 3 is 2.58 bits per heavy atom. The molecule has 2 aromatic heterocycles. The van der Waals surface area contributed by atoms with Crippen molar-refractivity contribution in [2.24, 2.45) is 5.92 Å². The number of hydrogen-bond donors (Lipinski definition) is 0. The lowest BCUT2D eigenvalue weighted by atomic mass is 9.97. The van der Waals surface area contributed by atoms with Crippen molar-refractivity contribution in [3.8, 4) is 0 Å². The van der Waals surface area contributed by atoms with Crippen molar-refractivity contribution in [1.82, 2.24) is 19.7 Å². The minimum Gasteiger partial charge on any atom is -0.356 e. The molecule has 1 saturated heterocycles. The zero-order chi connectivity index (χ0) is 18.1. The maximum Gasteiger partial charge on any atom is 0.266 e. The normalized spacial score (nSPS) is 18.2. The lowest BCUT2D eigenvalue weighted by Crippen LogP contribution is -2.37.